The largest absolute Gasteiger partial charge is 0.360 e. The Morgan fingerprint density at radius 2 is 1.80 bits per heavy atom. The van der Waals surface area contributed by atoms with Gasteiger partial charge in [0.15, 0.2) is 0 Å². The lowest BCUT2D eigenvalue weighted by Crippen LogP contribution is -1.97. The van der Waals surface area contributed by atoms with Gasteiger partial charge in [-0.15, -0.1) is 0 Å². The summed E-state index contributed by atoms with van der Waals surface area (Å²) in [5, 5.41) is 0.577. The monoisotopic (exact) mass is 232 g/mol. The van der Waals surface area contributed by atoms with Gasteiger partial charge in [0.2, 0.25) is 0 Å². The van der Waals surface area contributed by atoms with Crippen LogP contribution in [0.15, 0.2) is 24.0 Å². The summed E-state index contributed by atoms with van der Waals surface area (Å²) in [4.78, 5) is 0. The molecule has 0 N–H and O–H groups in total. The quantitative estimate of drug-likeness (QED) is 0.466. The lowest BCUT2D eigenvalue weighted by atomic mass is 10.3. The second-order valence-electron chi connectivity index (χ2n) is 2.95. The third-order valence-corrected chi connectivity index (χ3v) is 3.96. The molecule has 0 saturated carbocycles. The standard InChI is InChI=1S/C11H21O3P/c1-5-9-10-11(6-2)15(12,13-7-3)14-8-4/h6,10H,2,5,7-9H2,1,3-4H3/b11-10+. The zero-order valence-electron chi connectivity index (χ0n) is 9.86. The first-order valence-electron chi connectivity index (χ1n) is 5.36. The van der Waals surface area contributed by atoms with Crippen LogP contribution in [0.1, 0.15) is 33.6 Å². The predicted octanol–water partition coefficient (Wildman–Crippen LogP) is 4.12. The number of rotatable bonds is 8. The molecule has 4 heteroatoms. The summed E-state index contributed by atoms with van der Waals surface area (Å²) >= 11 is 0. The minimum absolute atomic E-state index is 0.370. The molecule has 0 aromatic heterocycles. The van der Waals surface area contributed by atoms with E-state index in [1.54, 1.807) is 19.9 Å². The lowest BCUT2D eigenvalue weighted by molar-refractivity contribution is 0.227. The van der Waals surface area contributed by atoms with Crippen LogP contribution in [0.2, 0.25) is 0 Å². The van der Waals surface area contributed by atoms with Crippen molar-refractivity contribution in [3.63, 3.8) is 0 Å². The first-order valence-corrected chi connectivity index (χ1v) is 6.91. The third kappa shape index (κ3) is 4.78. The minimum Gasteiger partial charge on any atom is -0.306 e. The van der Waals surface area contributed by atoms with E-state index in [0.29, 0.717) is 18.5 Å². The van der Waals surface area contributed by atoms with Crippen molar-refractivity contribution in [3.8, 4) is 0 Å². The average molecular weight is 232 g/mol. The highest BCUT2D eigenvalue weighted by Crippen LogP contribution is 2.56. The van der Waals surface area contributed by atoms with Gasteiger partial charge >= 0.3 is 7.60 Å². The molecule has 3 nitrogen and oxygen atoms in total. The Labute approximate surface area is 92.7 Å². The number of hydrogen-bond donors (Lipinski definition) is 0. The molecule has 0 atom stereocenters. The van der Waals surface area contributed by atoms with Crippen molar-refractivity contribution in [2.75, 3.05) is 13.2 Å². The highest BCUT2D eigenvalue weighted by Gasteiger charge is 2.26. The summed E-state index contributed by atoms with van der Waals surface area (Å²) in [5.41, 5.74) is 0. The van der Waals surface area contributed by atoms with E-state index in [-0.39, 0.29) is 0 Å². The van der Waals surface area contributed by atoms with E-state index in [2.05, 4.69) is 13.5 Å². The van der Waals surface area contributed by atoms with Crippen molar-refractivity contribution in [2.24, 2.45) is 0 Å². The van der Waals surface area contributed by atoms with E-state index in [9.17, 15) is 4.57 Å². The van der Waals surface area contributed by atoms with Crippen LogP contribution in [0, 0.1) is 0 Å². The van der Waals surface area contributed by atoms with Gasteiger partial charge in [0.25, 0.3) is 0 Å². The molecular formula is C11H21O3P. The van der Waals surface area contributed by atoms with E-state index in [1.165, 1.54) is 0 Å². The van der Waals surface area contributed by atoms with E-state index in [1.807, 2.05) is 6.08 Å². The SMILES string of the molecule is C=C/C(=C\CCC)P(=O)(OCC)OCC. The highest BCUT2D eigenvalue weighted by molar-refractivity contribution is 7.58. The maximum absolute atomic E-state index is 12.3. The van der Waals surface area contributed by atoms with Crippen LogP contribution < -0.4 is 0 Å². The fourth-order valence-electron chi connectivity index (χ4n) is 1.13. The van der Waals surface area contributed by atoms with Crippen LogP contribution in [-0.4, -0.2) is 13.2 Å². The molecule has 0 spiro atoms. The van der Waals surface area contributed by atoms with Crippen molar-refractivity contribution in [3.05, 3.63) is 24.0 Å². The maximum Gasteiger partial charge on any atom is 0.360 e. The van der Waals surface area contributed by atoms with E-state index < -0.39 is 7.60 Å². The Bertz CT molecular complexity index is 249. The van der Waals surface area contributed by atoms with Gasteiger partial charge in [-0.1, -0.05) is 32.1 Å². The van der Waals surface area contributed by atoms with Gasteiger partial charge < -0.3 is 9.05 Å². The molecule has 0 heterocycles. The highest BCUT2D eigenvalue weighted by atomic mass is 31.2. The molecule has 0 aromatic carbocycles. The molecule has 0 fully saturated rings. The molecule has 0 bridgehead atoms. The molecule has 0 radical (unpaired) electrons. The van der Waals surface area contributed by atoms with Gasteiger partial charge in [-0.25, -0.2) is 0 Å². The van der Waals surface area contributed by atoms with E-state index in [0.717, 1.165) is 12.8 Å². The van der Waals surface area contributed by atoms with Gasteiger partial charge in [-0.2, -0.15) is 0 Å². The molecule has 88 valence electrons. The number of unbranched alkanes of at least 4 members (excludes halogenated alkanes) is 1. The smallest absolute Gasteiger partial charge is 0.306 e. The first-order chi connectivity index (χ1) is 7.14. The molecule has 0 unspecified atom stereocenters. The van der Waals surface area contributed by atoms with Gasteiger partial charge in [-0.3, -0.25) is 4.57 Å². The first kappa shape index (κ1) is 14.6. The van der Waals surface area contributed by atoms with Crippen LogP contribution in [0.5, 0.6) is 0 Å². The fraction of sp³-hybridized carbons (Fsp3) is 0.636. The molecule has 0 rings (SSSR count). The number of hydrogen-bond acceptors (Lipinski definition) is 3. The van der Waals surface area contributed by atoms with Crippen LogP contribution >= 0.6 is 7.60 Å². The topological polar surface area (TPSA) is 35.5 Å². The molecule has 0 aliphatic carbocycles. The van der Waals surface area contributed by atoms with Crippen LogP contribution in [0.4, 0.5) is 0 Å². The summed E-state index contributed by atoms with van der Waals surface area (Å²) < 4.78 is 22.7. The van der Waals surface area contributed by atoms with E-state index >= 15 is 0 Å². The zero-order valence-corrected chi connectivity index (χ0v) is 10.8. The molecule has 0 aliphatic rings. The van der Waals surface area contributed by atoms with Crippen molar-refractivity contribution < 1.29 is 13.6 Å². The predicted molar refractivity (Wildman–Crippen MR) is 64.0 cm³/mol. The summed E-state index contributed by atoms with van der Waals surface area (Å²) in [5.74, 6) is 0. The van der Waals surface area contributed by atoms with Gasteiger partial charge in [-0.05, 0) is 20.3 Å². The second-order valence-corrected chi connectivity index (χ2v) is 4.98. The van der Waals surface area contributed by atoms with Gasteiger partial charge in [0.05, 0.1) is 18.5 Å². The Kier molecular flexibility index (Phi) is 7.67. The van der Waals surface area contributed by atoms with E-state index in [4.69, 9.17) is 9.05 Å². The summed E-state index contributed by atoms with van der Waals surface area (Å²) in [6.07, 6.45) is 5.28. The fourth-order valence-corrected chi connectivity index (χ4v) is 2.75. The van der Waals surface area contributed by atoms with Crippen LogP contribution in [-0.2, 0) is 13.6 Å². The Balaban J connectivity index is 4.84. The summed E-state index contributed by atoms with van der Waals surface area (Å²) in [6, 6.07) is 0. The second kappa shape index (κ2) is 7.86. The van der Waals surface area contributed by atoms with Crippen molar-refractivity contribution >= 4 is 7.60 Å². The molecule has 0 aliphatic heterocycles. The lowest BCUT2D eigenvalue weighted by Gasteiger charge is -2.17. The number of allylic oxidation sites excluding steroid dienone is 3. The molecule has 0 saturated heterocycles. The molecular weight excluding hydrogens is 211 g/mol. The van der Waals surface area contributed by atoms with Crippen molar-refractivity contribution in [1.29, 1.82) is 0 Å². The summed E-state index contributed by atoms with van der Waals surface area (Å²) in [7, 11) is -3.12. The maximum atomic E-state index is 12.3. The van der Waals surface area contributed by atoms with Crippen LogP contribution in [0.3, 0.4) is 0 Å². The Hall–Kier alpha value is -0.370. The zero-order chi connectivity index (χ0) is 11.7. The average Bonchev–Trinajstić information content (AvgIpc) is 2.19. The minimum atomic E-state index is -3.12. The Morgan fingerprint density at radius 1 is 1.27 bits per heavy atom. The molecule has 0 aromatic rings. The van der Waals surface area contributed by atoms with Crippen molar-refractivity contribution in [2.45, 2.75) is 33.6 Å². The van der Waals surface area contributed by atoms with Crippen molar-refractivity contribution in [1.82, 2.24) is 0 Å². The third-order valence-electron chi connectivity index (χ3n) is 1.77. The summed E-state index contributed by atoms with van der Waals surface area (Å²) in [6.45, 7) is 10.0. The Morgan fingerprint density at radius 3 is 2.13 bits per heavy atom. The van der Waals surface area contributed by atoms with Gasteiger partial charge in [0, 0.05) is 0 Å². The molecule has 15 heavy (non-hydrogen) atoms. The van der Waals surface area contributed by atoms with Gasteiger partial charge in [0.1, 0.15) is 0 Å². The molecule has 0 amide bonds. The van der Waals surface area contributed by atoms with Crippen LogP contribution in [0.25, 0.3) is 0 Å². The normalized spacial score (nSPS) is 12.9.